The minimum atomic E-state index is 0.745. The summed E-state index contributed by atoms with van der Waals surface area (Å²) in [6.07, 6.45) is 2.99. The molecule has 0 spiro atoms. The van der Waals surface area contributed by atoms with Crippen molar-refractivity contribution in [3.8, 4) is 0 Å². The summed E-state index contributed by atoms with van der Waals surface area (Å²) >= 11 is 1.84. The van der Waals surface area contributed by atoms with Gasteiger partial charge >= 0.3 is 0 Å². The maximum Gasteiger partial charge on any atom is 0.150 e. The molecule has 2 nitrogen and oxygen atoms in total. The summed E-state index contributed by atoms with van der Waals surface area (Å²) in [5.41, 5.74) is 3.10. The van der Waals surface area contributed by atoms with Crippen molar-refractivity contribution in [2.45, 2.75) is 6.92 Å². The summed E-state index contributed by atoms with van der Waals surface area (Å²) in [5.74, 6) is 1.12. The zero-order chi connectivity index (χ0) is 11.3. The van der Waals surface area contributed by atoms with E-state index in [-0.39, 0.29) is 0 Å². The number of hydrogen-bond acceptors (Lipinski definition) is 3. The Balaban J connectivity index is 2.80. The first kappa shape index (κ1) is 12.1. The fourth-order valence-corrected chi connectivity index (χ4v) is 1.99. The molecule has 1 rings (SSSR count). The van der Waals surface area contributed by atoms with Crippen molar-refractivity contribution in [3.05, 3.63) is 29.3 Å². The highest BCUT2D eigenvalue weighted by atomic mass is 32.2. The third kappa shape index (κ3) is 3.27. The van der Waals surface area contributed by atoms with Gasteiger partial charge < -0.3 is 4.90 Å². The van der Waals surface area contributed by atoms with Gasteiger partial charge in [-0.05, 0) is 36.9 Å². The smallest absolute Gasteiger partial charge is 0.150 e. The molecular formula is C12H17NOS. The van der Waals surface area contributed by atoms with Gasteiger partial charge in [0.15, 0.2) is 0 Å². The molecule has 0 aliphatic rings. The lowest BCUT2D eigenvalue weighted by Gasteiger charge is -2.21. The Morgan fingerprint density at radius 2 is 2.20 bits per heavy atom. The van der Waals surface area contributed by atoms with Gasteiger partial charge in [0.05, 0.1) is 0 Å². The number of carbonyl (C=O) groups excluding carboxylic acids is 1. The van der Waals surface area contributed by atoms with Crippen LogP contribution in [0.25, 0.3) is 0 Å². The van der Waals surface area contributed by atoms with E-state index in [0.717, 1.165) is 29.7 Å². The average molecular weight is 223 g/mol. The van der Waals surface area contributed by atoms with Gasteiger partial charge in [0, 0.05) is 30.6 Å². The van der Waals surface area contributed by atoms with Crippen LogP contribution in [0.3, 0.4) is 0 Å². The molecule has 0 aliphatic heterocycles. The second-order valence-electron chi connectivity index (χ2n) is 3.58. The van der Waals surface area contributed by atoms with Gasteiger partial charge in [-0.25, -0.2) is 0 Å². The van der Waals surface area contributed by atoms with Gasteiger partial charge in [-0.2, -0.15) is 11.8 Å². The molecule has 0 aliphatic carbocycles. The van der Waals surface area contributed by atoms with Crippen molar-refractivity contribution < 1.29 is 4.79 Å². The molecule has 0 atom stereocenters. The van der Waals surface area contributed by atoms with Crippen LogP contribution in [0.1, 0.15) is 15.9 Å². The summed E-state index contributed by atoms with van der Waals surface area (Å²) in [6, 6.07) is 5.81. The molecule has 0 saturated heterocycles. The monoisotopic (exact) mass is 223 g/mol. The SMILES string of the molecule is CSCCN(C)c1ccc(C=O)cc1C. The van der Waals surface area contributed by atoms with E-state index >= 15 is 0 Å². The first-order valence-electron chi connectivity index (χ1n) is 4.95. The molecule has 3 heteroatoms. The first-order chi connectivity index (χ1) is 7.19. The van der Waals surface area contributed by atoms with Crippen LogP contribution < -0.4 is 4.90 Å². The quantitative estimate of drug-likeness (QED) is 0.716. The number of rotatable bonds is 5. The fraction of sp³-hybridized carbons (Fsp3) is 0.417. The number of carbonyl (C=O) groups is 1. The third-order valence-corrected chi connectivity index (χ3v) is 2.99. The molecule has 0 N–H and O–H groups in total. The Labute approximate surface area is 95.7 Å². The minimum Gasteiger partial charge on any atom is -0.374 e. The number of aldehydes is 1. The predicted molar refractivity (Wildman–Crippen MR) is 68.2 cm³/mol. The van der Waals surface area contributed by atoms with Crippen LogP contribution in [0.2, 0.25) is 0 Å². The molecule has 0 saturated carbocycles. The van der Waals surface area contributed by atoms with E-state index in [0.29, 0.717) is 0 Å². The molecule has 1 aromatic rings. The Morgan fingerprint density at radius 1 is 1.47 bits per heavy atom. The van der Waals surface area contributed by atoms with Crippen LogP contribution in [0.5, 0.6) is 0 Å². The van der Waals surface area contributed by atoms with Crippen LogP contribution in [0.15, 0.2) is 18.2 Å². The summed E-state index contributed by atoms with van der Waals surface area (Å²) in [6.45, 7) is 3.07. The Morgan fingerprint density at radius 3 is 2.73 bits per heavy atom. The number of thioether (sulfide) groups is 1. The molecule has 15 heavy (non-hydrogen) atoms. The summed E-state index contributed by atoms with van der Waals surface area (Å²) < 4.78 is 0. The van der Waals surface area contributed by atoms with Crippen molar-refractivity contribution in [2.24, 2.45) is 0 Å². The largest absolute Gasteiger partial charge is 0.374 e. The molecule has 0 fully saturated rings. The Kier molecular flexibility index (Phi) is 4.69. The highest BCUT2D eigenvalue weighted by molar-refractivity contribution is 7.98. The molecule has 82 valence electrons. The Hall–Kier alpha value is -0.960. The summed E-state index contributed by atoms with van der Waals surface area (Å²) in [7, 11) is 2.08. The molecular weight excluding hydrogens is 206 g/mol. The van der Waals surface area contributed by atoms with E-state index in [1.165, 1.54) is 5.69 Å². The molecule has 0 radical (unpaired) electrons. The van der Waals surface area contributed by atoms with Gasteiger partial charge in [-0.15, -0.1) is 0 Å². The van der Waals surface area contributed by atoms with Crippen LogP contribution in [-0.2, 0) is 0 Å². The van der Waals surface area contributed by atoms with Crippen molar-refractivity contribution in [2.75, 3.05) is 30.5 Å². The average Bonchev–Trinajstić information content (AvgIpc) is 2.25. The number of aryl methyl sites for hydroxylation is 1. The van der Waals surface area contributed by atoms with Gasteiger partial charge in [0.25, 0.3) is 0 Å². The van der Waals surface area contributed by atoms with E-state index in [9.17, 15) is 4.79 Å². The third-order valence-electron chi connectivity index (χ3n) is 2.40. The first-order valence-corrected chi connectivity index (χ1v) is 6.34. The van der Waals surface area contributed by atoms with Crippen LogP contribution >= 0.6 is 11.8 Å². The second-order valence-corrected chi connectivity index (χ2v) is 4.56. The minimum absolute atomic E-state index is 0.745. The zero-order valence-corrected chi connectivity index (χ0v) is 10.3. The summed E-state index contributed by atoms with van der Waals surface area (Å²) in [4.78, 5) is 12.8. The van der Waals surface area contributed by atoms with E-state index < -0.39 is 0 Å². The molecule has 0 amide bonds. The maximum absolute atomic E-state index is 10.6. The maximum atomic E-state index is 10.6. The fourth-order valence-electron chi connectivity index (χ4n) is 1.53. The number of benzene rings is 1. The second kappa shape index (κ2) is 5.81. The number of anilines is 1. The lowest BCUT2D eigenvalue weighted by Crippen LogP contribution is -2.21. The van der Waals surface area contributed by atoms with E-state index in [1.807, 2.05) is 36.9 Å². The van der Waals surface area contributed by atoms with Crippen molar-refractivity contribution in [3.63, 3.8) is 0 Å². The molecule has 0 aromatic heterocycles. The van der Waals surface area contributed by atoms with Gasteiger partial charge in [-0.3, -0.25) is 4.79 Å². The lowest BCUT2D eigenvalue weighted by atomic mass is 10.1. The van der Waals surface area contributed by atoms with Gasteiger partial charge in [0.1, 0.15) is 6.29 Å². The van der Waals surface area contributed by atoms with E-state index in [1.54, 1.807) is 0 Å². The topological polar surface area (TPSA) is 20.3 Å². The highest BCUT2D eigenvalue weighted by Crippen LogP contribution is 2.19. The van der Waals surface area contributed by atoms with Crippen molar-refractivity contribution in [1.82, 2.24) is 0 Å². The predicted octanol–water partition coefficient (Wildman–Crippen LogP) is 2.61. The van der Waals surface area contributed by atoms with E-state index in [2.05, 4.69) is 18.2 Å². The van der Waals surface area contributed by atoms with Crippen molar-refractivity contribution >= 4 is 23.7 Å². The molecule has 0 heterocycles. The van der Waals surface area contributed by atoms with Crippen LogP contribution in [0, 0.1) is 6.92 Å². The molecule has 1 aromatic carbocycles. The number of hydrogen-bond donors (Lipinski definition) is 0. The zero-order valence-electron chi connectivity index (χ0n) is 9.49. The molecule has 0 bridgehead atoms. The van der Waals surface area contributed by atoms with Gasteiger partial charge in [0.2, 0.25) is 0 Å². The van der Waals surface area contributed by atoms with Crippen LogP contribution in [-0.4, -0.2) is 31.9 Å². The lowest BCUT2D eigenvalue weighted by molar-refractivity contribution is 0.112. The van der Waals surface area contributed by atoms with Crippen molar-refractivity contribution in [1.29, 1.82) is 0 Å². The standard InChI is InChI=1S/C12H17NOS/c1-10-8-11(9-14)4-5-12(10)13(2)6-7-15-3/h4-5,8-9H,6-7H2,1-3H3. The molecule has 0 unspecified atom stereocenters. The Bertz CT molecular complexity index is 338. The van der Waals surface area contributed by atoms with Crippen LogP contribution in [0.4, 0.5) is 5.69 Å². The van der Waals surface area contributed by atoms with E-state index in [4.69, 9.17) is 0 Å². The normalized spacial score (nSPS) is 10.1. The van der Waals surface area contributed by atoms with Gasteiger partial charge in [-0.1, -0.05) is 0 Å². The number of nitrogens with zero attached hydrogens (tertiary/aromatic N) is 1. The summed E-state index contributed by atoms with van der Waals surface area (Å²) in [5, 5.41) is 0. The highest BCUT2D eigenvalue weighted by Gasteiger charge is 2.04.